The van der Waals surface area contributed by atoms with Crippen molar-refractivity contribution in [1.82, 2.24) is 4.98 Å². The third-order valence-electron chi connectivity index (χ3n) is 4.14. The van der Waals surface area contributed by atoms with Gasteiger partial charge in [-0.15, -0.1) is 11.3 Å². The number of esters is 1. The Morgan fingerprint density at radius 3 is 2.56 bits per heavy atom. The summed E-state index contributed by atoms with van der Waals surface area (Å²) >= 11 is 1.21. The highest BCUT2D eigenvalue weighted by Crippen LogP contribution is 2.21. The van der Waals surface area contributed by atoms with E-state index in [0.717, 1.165) is 13.1 Å². The van der Waals surface area contributed by atoms with Crippen molar-refractivity contribution in [2.45, 2.75) is 26.2 Å². The molecule has 1 saturated heterocycles. The summed E-state index contributed by atoms with van der Waals surface area (Å²) < 4.78 is 5.03. The molecule has 0 bridgehead atoms. The van der Waals surface area contributed by atoms with Gasteiger partial charge >= 0.3 is 5.97 Å². The molecular weight excluding hydrogens is 338 g/mol. The summed E-state index contributed by atoms with van der Waals surface area (Å²) in [6.45, 7) is 3.58. The number of aromatic nitrogens is 1. The van der Waals surface area contributed by atoms with Crippen LogP contribution < -0.4 is 10.2 Å². The molecule has 0 spiro atoms. The van der Waals surface area contributed by atoms with Crippen LogP contribution in [0.25, 0.3) is 0 Å². The largest absolute Gasteiger partial charge is 0.451 e. The summed E-state index contributed by atoms with van der Waals surface area (Å²) in [7, 11) is 0. The maximum atomic E-state index is 11.9. The van der Waals surface area contributed by atoms with Gasteiger partial charge < -0.3 is 15.0 Å². The zero-order chi connectivity index (χ0) is 17.6. The highest BCUT2D eigenvalue weighted by Gasteiger charge is 2.15. The third-order valence-corrected chi connectivity index (χ3v) is 5.05. The van der Waals surface area contributed by atoms with Gasteiger partial charge in [0.1, 0.15) is 4.88 Å². The molecule has 0 radical (unpaired) electrons. The lowest BCUT2D eigenvalue weighted by Gasteiger charge is -2.28. The molecule has 1 aliphatic rings. The van der Waals surface area contributed by atoms with E-state index in [1.807, 2.05) is 24.3 Å². The minimum Gasteiger partial charge on any atom is -0.451 e. The summed E-state index contributed by atoms with van der Waals surface area (Å²) in [6, 6.07) is 7.76. The first-order valence-electron chi connectivity index (χ1n) is 8.35. The molecular formula is C18H21N3O3S. The van der Waals surface area contributed by atoms with E-state index in [0.29, 0.717) is 16.3 Å². The first-order chi connectivity index (χ1) is 12.1. The Labute approximate surface area is 150 Å². The molecule has 2 aromatic rings. The van der Waals surface area contributed by atoms with E-state index in [4.69, 9.17) is 4.74 Å². The molecule has 25 heavy (non-hydrogen) atoms. The van der Waals surface area contributed by atoms with Gasteiger partial charge in [-0.25, -0.2) is 9.78 Å². The maximum Gasteiger partial charge on any atom is 0.350 e. The van der Waals surface area contributed by atoms with Crippen molar-refractivity contribution < 1.29 is 14.3 Å². The van der Waals surface area contributed by atoms with E-state index in [1.54, 1.807) is 12.4 Å². The number of anilines is 2. The Morgan fingerprint density at radius 1 is 1.20 bits per heavy atom. The third kappa shape index (κ3) is 4.57. The monoisotopic (exact) mass is 359 g/mol. The van der Waals surface area contributed by atoms with Crippen LogP contribution in [0.15, 0.2) is 29.8 Å². The van der Waals surface area contributed by atoms with Crippen molar-refractivity contribution in [2.24, 2.45) is 0 Å². The Balaban J connectivity index is 1.49. The van der Waals surface area contributed by atoms with E-state index < -0.39 is 5.97 Å². The summed E-state index contributed by atoms with van der Waals surface area (Å²) in [4.78, 5) is 30.6. The number of ether oxygens (including phenoxy) is 1. The molecule has 3 rings (SSSR count). The van der Waals surface area contributed by atoms with Crippen LogP contribution in [0.1, 0.15) is 34.6 Å². The zero-order valence-electron chi connectivity index (χ0n) is 14.2. The molecule has 7 heteroatoms. The first kappa shape index (κ1) is 17.4. The lowest BCUT2D eigenvalue weighted by atomic mass is 10.1. The van der Waals surface area contributed by atoms with Crippen molar-refractivity contribution in [3.63, 3.8) is 0 Å². The van der Waals surface area contributed by atoms with Crippen LogP contribution in [0.5, 0.6) is 0 Å². The van der Waals surface area contributed by atoms with Crippen LogP contribution >= 0.6 is 11.3 Å². The van der Waals surface area contributed by atoms with Crippen LogP contribution in [0, 0.1) is 6.92 Å². The Hall–Kier alpha value is -2.41. The number of aryl methyl sites for hydroxylation is 1. The maximum absolute atomic E-state index is 11.9. The molecule has 0 aliphatic carbocycles. The molecule has 1 aliphatic heterocycles. The minimum absolute atomic E-state index is 0.315. The highest BCUT2D eigenvalue weighted by molar-refractivity contribution is 7.11. The molecule has 1 N–H and O–H groups in total. The molecule has 0 unspecified atom stereocenters. The predicted octanol–water partition coefficient (Wildman–Crippen LogP) is 3.24. The van der Waals surface area contributed by atoms with E-state index in [9.17, 15) is 9.59 Å². The van der Waals surface area contributed by atoms with Crippen molar-refractivity contribution in [3.8, 4) is 0 Å². The molecule has 0 saturated carbocycles. The number of hydrogen-bond acceptors (Lipinski definition) is 6. The number of nitrogens with one attached hydrogen (secondary N) is 1. The van der Waals surface area contributed by atoms with Gasteiger partial charge in [0, 0.05) is 24.5 Å². The van der Waals surface area contributed by atoms with Gasteiger partial charge in [-0.1, -0.05) is 0 Å². The van der Waals surface area contributed by atoms with E-state index in [2.05, 4.69) is 15.2 Å². The molecule has 6 nitrogen and oxygen atoms in total. The fourth-order valence-electron chi connectivity index (χ4n) is 2.80. The lowest BCUT2D eigenvalue weighted by molar-refractivity contribution is -0.119. The van der Waals surface area contributed by atoms with Gasteiger partial charge in [0.05, 0.1) is 11.2 Å². The Kier molecular flexibility index (Phi) is 5.65. The molecule has 1 aromatic carbocycles. The number of amides is 1. The normalized spacial score (nSPS) is 14.2. The van der Waals surface area contributed by atoms with Gasteiger partial charge in [0.15, 0.2) is 6.61 Å². The lowest BCUT2D eigenvalue weighted by Crippen LogP contribution is -2.29. The SMILES string of the molecule is Cc1ncsc1C(=O)OCC(=O)Nc1ccc(N2CCCCC2)cc1. The van der Waals surface area contributed by atoms with Crippen molar-refractivity contribution in [2.75, 3.05) is 29.9 Å². The number of rotatable bonds is 5. The molecule has 0 atom stereocenters. The molecule has 2 heterocycles. The summed E-state index contributed by atoms with van der Waals surface area (Å²) in [5.41, 5.74) is 4.06. The van der Waals surface area contributed by atoms with Crippen LogP contribution in [-0.4, -0.2) is 36.6 Å². The topological polar surface area (TPSA) is 71.5 Å². The molecule has 132 valence electrons. The van der Waals surface area contributed by atoms with E-state index in [-0.39, 0.29) is 12.5 Å². The fraction of sp³-hybridized carbons (Fsp3) is 0.389. The Morgan fingerprint density at radius 2 is 1.92 bits per heavy atom. The van der Waals surface area contributed by atoms with Crippen LogP contribution in [-0.2, 0) is 9.53 Å². The first-order valence-corrected chi connectivity index (χ1v) is 9.23. The second-order valence-corrected chi connectivity index (χ2v) is 6.84. The molecule has 1 amide bonds. The van der Waals surface area contributed by atoms with Crippen LogP contribution in [0.2, 0.25) is 0 Å². The van der Waals surface area contributed by atoms with E-state index in [1.165, 1.54) is 36.3 Å². The predicted molar refractivity (Wildman–Crippen MR) is 98.3 cm³/mol. The number of carbonyl (C=O) groups excluding carboxylic acids is 2. The number of nitrogens with zero attached hydrogens (tertiary/aromatic N) is 2. The zero-order valence-corrected chi connectivity index (χ0v) is 15.0. The summed E-state index contributed by atoms with van der Waals surface area (Å²) in [5, 5.41) is 2.74. The van der Waals surface area contributed by atoms with Crippen molar-refractivity contribution >= 4 is 34.6 Å². The summed E-state index contributed by atoms with van der Waals surface area (Å²) in [5.74, 6) is -0.878. The summed E-state index contributed by atoms with van der Waals surface area (Å²) in [6.07, 6.45) is 3.75. The second-order valence-electron chi connectivity index (χ2n) is 5.99. The number of piperidine rings is 1. The van der Waals surface area contributed by atoms with Gasteiger partial charge in [0.2, 0.25) is 0 Å². The van der Waals surface area contributed by atoms with Gasteiger partial charge in [-0.05, 0) is 50.5 Å². The number of benzene rings is 1. The standard InChI is InChI=1S/C18H21N3O3S/c1-13-17(25-12-19-13)18(23)24-11-16(22)20-14-5-7-15(8-6-14)21-9-3-2-4-10-21/h5-8,12H,2-4,9-11H2,1H3,(H,20,22). The highest BCUT2D eigenvalue weighted by atomic mass is 32.1. The second kappa shape index (κ2) is 8.11. The van der Waals surface area contributed by atoms with E-state index >= 15 is 0 Å². The smallest absolute Gasteiger partial charge is 0.350 e. The Bertz CT molecular complexity index is 736. The van der Waals surface area contributed by atoms with Crippen molar-refractivity contribution in [1.29, 1.82) is 0 Å². The average Bonchev–Trinajstić information content (AvgIpc) is 3.07. The number of hydrogen-bond donors (Lipinski definition) is 1. The van der Waals surface area contributed by atoms with Gasteiger partial charge in [-0.2, -0.15) is 0 Å². The van der Waals surface area contributed by atoms with Gasteiger partial charge in [-0.3, -0.25) is 4.79 Å². The average molecular weight is 359 g/mol. The van der Waals surface area contributed by atoms with Crippen molar-refractivity contribution in [3.05, 3.63) is 40.3 Å². The number of thiazole rings is 1. The van der Waals surface area contributed by atoms with Crippen LogP contribution in [0.3, 0.4) is 0 Å². The quantitative estimate of drug-likeness (QED) is 0.830. The number of carbonyl (C=O) groups is 2. The molecule has 1 aromatic heterocycles. The molecule has 1 fully saturated rings. The van der Waals surface area contributed by atoms with Gasteiger partial charge in [0.25, 0.3) is 5.91 Å². The fourth-order valence-corrected chi connectivity index (χ4v) is 3.49. The minimum atomic E-state index is -0.518. The van der Waals surface area contributed by atoms with Crippen LogP contribution in [0.4, 0.5) is 11.4 Å².